The van der Waals surface area contributed by atoms with Crippen LogP contribution in [0.3, 0.4) is 0 Å². The molecule has 2 nitrogen and oxygen atoms in total. The van der Waals surface area contributed by atoms with Gasteiger partial charge in [0.1, 0.15) is 6.10 Å². The highest BCUT2D eigenvalue weighted by Gasteiger charge is 2.27. The minimum atomic E-state index is -1.36. The molecule has 120 valence electrons. The summed E-state index contributed by atoms with van der Waals surface area (Å²) in [7, 11) is 0. The second-order valence-corrected chi connectivity index (χ2v) is 7.83. The lowest BCUT2D eigenvalue weighted by Crippen LogP contribution is -2.22. The maximum absolute atomic E-state index is 11.0. The van der Waals surface area contributed by atoms with Crippen molar-refractivity contribution in [1.29, 1.82) is 0 Å². The summed E-state index contributed by atoms with van der Waals surface area (Å²) in [5.74, 6) is -0.316. The van der Waals surface area contributed by atoms with E-state index in [4.69, 9.17) is 39.5 Å². The first-order valence-corrected chi connectivity index (χ1v) is 8.72. The number of alkyl halides is 3. The molecule has 0 saturated carbocycles. The maximum Gasteiger partial charge on any atom is 0.302 e. The van der Waals surface area contributed by atoms with Crippen molar-refractivity contribution in [2.24, 2.45) is 0 Å². The van der Waals surface area contributed by atoms with Gasteiger partial charge in [0, 0.05) is 13.3 Å². The molecule has 0 radical (unpaired) electrons. The van der Waals surface area contributed by atoms with Gasteiger partial charge in [0.2, 0.25) is 0 Å². The number of ether oxygens (including phenoxy) is 1. The molecule has 0 heterocycles. The van der Waals surface area contributed by atoms with Crippen molar-refractivity contribution in [2.45, 2.75) is 88.0 Å². The number of hydrogen-bond acceptors (Lipinski definition) is 2. The van der Waals surface area contributed by atoms with E-state index in [9.17, 15) is 4.79 Å². The Labute approximate surface area is 138 Å². The molecule has 0 aliphatic carbocycles. The lowest BCUT2D eigenvalue weighted by molar-refractivity contribution is -0.146. The molecular formula is C15H27Cl3O2. The third-order valence-corrected chi connectivity index (χ3v) is 3.63. The number of carbonyl (C=O) groups excluding carboxylic acids is 1. The number of carbonyl (C=O) groups is 1. The number of esters is 1. The Morgan fingerprint density at radius 3 is 1.95 bits per heavy atom. The SMILES string of the molecule is CCCCCCCCCCC(CC(Cl)(Cl)Cl)OC(C)=O. The highest BCUT2D eigenvalue weighted by molar-refractivity contribution is 6.67. The summed E-state index contributed by atoms with van der Waals surface area (Å²) >= 11 is 17.3. The Morgan fingerprint density at radius 1 is 1.00 bits per heavy atom. The van der Waals surface area contributed by atoms with E-state index in [2.05, 4.69) is 6.92 Å². The van der Waals surface area contributed by atoms with Gasteiger partial charge in [-0.15, -0.1) is 0 Å². The van der Waals surface area contributed by atoms with Crippen molar-refractivity contribution in [2.75, 3.05) is 0 Å². The smallest absolute Gasteiger partial charge is 0.302 e. The average molecular weight is 346 g/mol. The molecular weight excluding hydrogens is 319 g/mol. The third kappa shape index (κ3) is 14.7. The zero-order valence-corrected chi connectivity index (χ0v) is 14.9. The van der Waals surface area contributed by atoms with Crippen molar-refractivity contribution >= 4 is 40.8 Å². The Bertz CT molecular complexity index is 252. The van der Waals surface area contributed by atoms with Crippen molar-refractivity contribution in [1.82, 2.24) is 0 Å². The van der Waals surface area contributed by atoms with Crippen LogP contribution in [0.1, 0.15) is 78.1 Å². The van der Waals surface area contributed by atoms with E-state index in [1.54, 1.807) is 0 Å². The fourth-order valence-electron chi connectivity index (χ4n) is 2.20. The molecule has 20 heavy (non-hydrogen) atoms. The van der Waals surface area contributed by atoms with E-state index < -0.39 is 3.79 Å². The fourth-order valence-corrected chi connectivity index (χ4v) is 2.72. The second-order valence-electron chi connectivity index (χ2n) is 5.31. The minimum Gasteiger partial charge on any atom is -0.462 e. The van der Waals surface area contributed by atoms with Crippen LogP contribution in [0.2, 0.25) is 0 Å². The summed E-state index contributed by atoms with van der Waals surface area (Å²) in [4.78, 5) is 11.0. The molecule has 0 spiro atoms. The Hall–Kier alpha value is 0.340. The monoisotopic (exact) mass is 344 g/mol. The number of rotatable bonds is 11. The van der Waals surface area contributed by atoms with E-state index >= 15 is 0 Å². The van der Waals surface area contributed by atoms with E-state index in [0.29, 0.717) is 0 Å². The van der Waals surface area contributed by atoms with E-state index in [0.717, 1.165) is 19.3 Å². The van der Waals surface area contributed by atoms with Crippen LogP contribution in [0.15, 0.2) is 0 Å². The number of hydrogen-bond donors (Lipinski definition) is 0. The summed E-state index contributed by atoms with van der Waals surface area (Å²) in [6, 6.07) is 0. The molecule has 0 saturated heterocycles. The highest BCUT2D eigenvalue weighted by atomic mass is 35.6. The lowest BCUT2D eigenvalue weighted by atomic mass is 10.0. The molecule has 0 amide bonds. The van der Waals surface area contributed by atoms with Gasteiger partial charge < -0.3 is 4.74 Å². The van der Waals surface area contributed by atoms with Gasteiger partial charge in [-0.25, -0.2) is 0 Å². The first kappa shape index (κ1) is 20.3. The van der Waals surface area contributed by atoms with Gasteiger partial charge >= 0.3 is 5.97 Å². The molecule has 0 aromatic carbocycles. The summed E-state index contributed by atoms with van der Waals surface area (Å²) in [5, 5.41) is 0. The van der Waals surface area contributed by atoms with Gasteiger partial charge in [0.15, 0.2) is 3.79 Å². The van der Waals surface area contributed by atoms with Gasteiger partial charge in [-0.1, -0.05) is 86.7 Å². The summed E-state index contributed by atoms with van der Waals surface area (Å²) in [5.41, 5.74) is 0. The third-order valence-electron chi connectivity index (χ3n) is 3.17. The molecule has 0 aromatic rings. The first-order valence-electron chi connectivity index (χ1n) is 7.59. The number of unbranched alkanes of at least 4 members (excludes halogenated alkanes) is 7. The van der Waals surface area contributed by atoms with Gasteiger partial charge in [0.05, 0.1) is 0 Å². The van der Waals surface area contributed by atoms with Crippen LogP contribution in [-0.4, -0.2) is 15.9 Å². The Morgan fingerprint density at radius 2 is 1.50 bits per heavy atom. The van der Waals surface area contributed by atoms with Crippen LogP contribution < -0.4 is 0 Å². The molecule has 0 aliphatic rings. The normalized spacial score (nSPS) is 13.2. The molecule has 0 aliphatic heterocycles. The van der Waals surface area contributed by atoms with Gasteiger partial charge in [-0.2, -0.15) is 0 Å². The molecule has 0 aromatic heterocycles. The quantitative estimate of drug-likeness (QED) is 0.253. The van der Waals surface area contributed by atoms with Crippen LogP contribution in [0.5, 0.6) is 0 Å². The standard InChI is InChI=1S/C15H27Cl3O2/c1-3-4-5-6-7-8-9-10-11-14(20-13(2)19)12-15(16,17)18/h14H,3-12H2,1-2H3. The summed E-state index contributed by atoms with van der Waals surface area (Å²) < 4.78 is 3.83. The van der Waals surface area contributed by atoms with Crippen LogP contribution in [0, 0.1) is 0 Å². The van der Waals surface area contributed by atoms with Crippen LogP contribution in [0.25, 0.3) is 0 Å². The Balaban J connectivity index is 3.71. The predicted molar refractivity (Wildman–Crippen MR) is 87.7 cm³/mol. The summed E-state index contributed by atoms with van der Waals surface area (Å²) in [6.45, 7) is 3.61. The zero-order chi connectivity index (χ0) is 15.4. The zero-order valence-electron chi connectivity index (χ0n) is 12.6. The lowest BCUT2D eigenvalue weighted by Gasteiger charge is -2.21. The van der Waals surface area contributed by atoms with Gasteiger partial charge in [0.25, 0.3) is 0 Å². The van der Waals surface area contributed by atoms with Gasteiger partial charge in [-0.3, -0.25) is 4.79 Å². The van der Waals surface area contributed by atoms with Crippen LogP contribution in [-0.2, 0) is 9.53 Å². The topological polar surface area (TPSA) is 26.3 Å². The van der Waals surface area contributed by atoms with Gasteiger partial charge in [-0.05, 0) is 12.8 Å². The number of halogens is 3. The van der Waals surface area contributed by atoms with E-state index in [1.807, 2.05) is 0 Å². The maximum atomic E-state index is 11.0. The van der Waals surface area contributed by atoms with Crippen molar-refractivity contribution in [3.63, 3.8) is 0 Å². The van der Waals surface area contributed by atoms with E-state index in [-0.39, 0.29) is 18.5 Å². The second kappa shape index (κ2) is 11.9. The van der Waals surface area contributed by atoms with Crippen LogP contribution in [0.4, 0.5) is 0 Å². The highest BCUT2D eigenvalue weighted by Crippen LogP contribution is 2.33. The largest absolute Gasteiger partial charge is 0.462 e. The molecule has 1 atom stereocenters. The molecule has 0 bridgehead atoms. The molecule has 5 heteroatoms. The first-order chi connectivity index (χ1) is 9.35. The average Bonchev–Trinajstić information content (AvgIpc) is 2.29. The molecule has 0 fully saturated rings. The van der Waals surface area contributed by atoms with Crippen molar-refractivity contribution in [3.05, 3.63) is 0 Å². The summed E-state index contributed by atoms with van der Waals surface area (Å²) in [6.07, 6.45) is 10.6. The van der Waals surface area contributed by atoms with E-state index in [1.165, 1.54) is 45.4 Å². The van der Waals surface area contributed by atoms with Crippen LogP contribution >= 0.6 is 34.8 Å². The molecule has 0 rings (SSSR count). The molecule has 0 N–H and O–H groups in total. The van der Waals surface area contributed by atoms with Crippen molar-refractivity contribution < 1.29 is 9.53 Å². The fraction of sp³-hybridized carbons (Fsp3) is 0.933. The van der Waals surface area contributed by atoms with Crippen molar-refractivity contribution in [3.8, 4) is 0 Å². The predicted octanol–water partition coefficient (Wildman–Crippen LogP) is 6.21. The Kier molecular flexibility index (Phi) is 12.1. The molecule has 1 unspecified atom stereocenters. The minimum absolute atomic E-state index is 0.258.